The van der Waals surface area contributed by atoms with Gasteiger partial charge in [-0.25, -0.2) is 17.9 Å². The smallest absolute Gasteiger partial charge is 0.352 e. The van der Waals surface area contributed by atoms with Crippen molar-refractivity contribution in [2.45, 2.75) is 44.0 Å². The van der Waals surface area contributed by atoms with Crippen LogP contribution in [0.2, 0.25) is 0 Å². The van der Waals surface area contributed by atoms with Crippen LogP contribution in [0.1, 0.15) is 43.1 Å². The summed E-state index contributed by atoms with van der Waals surface area (Å²) in [5, 5.41) is 9.04. The van der Waals surface area contributed by atoms with Crippen molar-refractivity contribution in [2.75, 3.05) is 6.54 Å². The number of aromatic nitrogens is 1. The van der Waals surface area contributed by atoms with Crippen molar-refractivity contribution in [1.29, 1.82) is 0 Å². The van der Waals surface area contributed by atoms with Crippen molar-refractivity contribution < 1.29 is 18.3 Å². The van der Waals surface area contributed by atoms with Gasteiger partial charge in [0, 0.05) is 19.3 Å². The summed E-state index contributed by atoms with van der Waals surface area (Å²) in [6, 6.07) is 1.21. The Bertz CT molecular complexity index is 586. The van der Waals surface area contributed by atoms with Gasteiger partial charge in [-0.15, -0.1) is 0 Å². The predicted molar refractivity (Wildman–Crippen MR) is 74.2 cm³/mol. The van der Waals surface area contributed by atoms with E-state index in [0.29, 0.717) is 19.0 Å². The summed E-state index contributed by atoms with van der Waals surface area (Å²) < 4.78 is 28.4. The molecule has 0 radical (unpaired) electrons. The Hall–Kier alpha value is -1.34. The lowest BCUT2D eigenvalue weighted by Gasteiger charge is -2.10. The van der Waals surface area contributed by atoms with Crippen molar-refractivity contribution in [1.82, 2.24) is 9.29 Å². The second-order valence-electron chi connectivity index (χ2n) is 5.15. The first-order chi connectivity index (χ1) is 9.44. The van der Waals surface area contributed by atoms with Crippen molar-refractivity contribution in [3.8, 4) is 0 Å². The molecule has 0 bridgehead atoms. The third kappa shape index (κ3) is 3.21. The average Bonchev–Trinajstić information content (AvgIpc) is 3.05. The molecule has 2 rings (SSSR count). The maximum Gasteiger partial charge on any atom is 0.352 e. The van der Waals surface area contributed by atoms with Crippen LogP contribution in [0.15, 0.2) is 17.2 Å². The Morgan fingerprint density at radius 1 is 1.45 bits per heavy atom. The molecular formula is C13H20N2O4S. The molecule has 7 heteroatoms. The molecule has 1 saturated carbocycles. The van der Waals surface area contributed by atoms with Crippen molar-refractivity contribution in [3.63, 3.8) is 0 Å². The first kappa shape index (κ1) is 15.1. The molecule has 0 amide bonds. The number of nitrogens with zero attached hydrogens (tertiary/aromatic N) is 1. The molecule has 6 nitrogen and oxygen atoms in total. The second kappa shape index (κ2) is 5.97. The summed E-state index contributed by atoms with van der Waals surface area (Å²) in [6.45, 7) is 2.62. The highest BCUT2D eigenvalue weighted by Gasteiger charge is 2.23. The number of aromatic carboxylic acids is 1. The molecule has 20 heavy (non-hydrogen) atoms. The Labute approximate surface area is 118 Å². The second-order valence-corrected chi connectivity index (χ2v) is 6.92. The van der Waals surface area contributed by atoms with E-state index in [-0.39, 0.29) is 10.6 Å². The van der Waals surface area contributed by atoms with Crippen molar-refractivity contribution in [2.24, 2.45) is 5.92 Å². The number of rotatable bonds is 6. The van der Waals surface area contributed by atoms with Gasteiger partial charge in [0.1, 0.15) is 10.6 Å². The number of hydrogen-bond donors (Lipinski definition) is 2. The number of carboxylic acid groups (broad SMARTS) is 1. The van der Waals surface area contributed by atoms with E-state index >= 15 is 0 Å². The highest BCUT2D eigenvalue weighted by Crippen LogP contribution is 2.24. The third-order valence-electron chi connectivity index (χ3n) is 3.78. The minimum atomic E-state index is -3.63. The molecule has 1 aromatic rings. The Kier molecular flexibility index (Phi) is 4.49. The fourth-order valence-electron chi connectivity index (χ4n) is 2.60. The van der Waals surface area contributed by atoms with E-state index in [1.54, 1.807) is 6.92 Å². The summed E-state index contributed by atoms with van der Waals surface area (Å²) in [6.07, 6.45) is 5.79. The van der Waals surface area contributed by atoms with Gasteiger partial charge < -0.3 is 9.67 Å². The summed E-state index contributed by atoms with van der Waals surface area (Å²) in [7, 11) is -3.63. The number of sulfonamides is 1. The first-order valence-electron chi connectivity index (χ1n) is 6.87. The fourth-order valence-corrected chi connectivity index (χ4v) is 3.75. The molecule has 1 aliphatic rings. The standard InChI is InChI=1S/C13H20N2O4S/c1-2-15-9-11(7-12(15)13(16)17)20(18,19)14-8-10-5-3-4-6-10/h7,9-10,14H,2-6,8H2,1H3,(H,16,17). The Balaban J connectivity index is 2.14. The van der Waals surface area contributed by atoms with E-state index in [2.05, 4.69) is 4.72 Å². The topological polar surface area (TPSA) is 88.4 Å². The van der Waals surface area contributed by atoms with Crippen LogP contribution in [-0.4, -0.2) is 30.6 Å². The van der Waals surface area contributed by atoms with Gasteiger partial charge >= 0.3 is 5.97 Å². The molecule has 1 aromatic heterocycles. The zero-order valence-electron chi connectivity index (χ0n) is 11.5. The number of carboxylic acids is 1. The van der Waals surface area contributed by atoms with Crippen LogP contribution in [0.25, 0.3) is 0 Å². The molecule has 1 fully saturated rings. The van der Waals surface area contributed by atoms with E-state index in [0.717, 1.165) is 25.7 Å². The van der Waals surface area contributed by atoms with Crippen LogP contribution in [0.5, 0.6) is 0 Å². The molecule has 2 N–H and O–H groups in total. The monoisotopic (exact) mass is 300 g/mol. The zero-order valence-corrected chi connectivity index (χ0v) is 12.3. The largest absolute Gasteiger partial charge is 0.477 e. The molecular weight excluding hydrogens is 280 g/mol. The highest BCUT2D eigenvalue weighted by molar-refractivity contribution is 7.89. The number of aryl methyl sites for hydroxylation is 1. The molecule has 0 spiro atoms. The first-order valence-corrected chi connectivity index (χ1v) is 8.35. The lowest BCUT2D eigenvalue weighted by molar-refractivity contribution is 0.0685. The lowest BCUT2D eigenvalue weighted by atomic mass is 10.1. The van der Waals surface area contributed by atoms with Gasteiger partial charge in [-0.1, -0.05) is 12.8 Å². The molecule has 0 aliphatic heterocycles. The van der Waals surface area contributed by atoms with Crippen LogP contribution in [0.3, 0.4) is 0 Å². The Morgan fingerprint density at radius 2 is 2.10 bits per heavy atom. The number of nitrogens with one attached hydrogen (secondary N) is 1. The summed E-state index contributed by atoms with van der Waals surface area (Å²) in [5.41, 5.74) is -0.00580. The van der Waals surface area contributed by atoms with Gasteiger partial charge in [0.25, 0.3) is 0 Å². The average molecular weight is 300 g/mol. The Morgan fingerprint density at radius 3 is 2.60 bits per heavy atom. The molecule has 0 saturated heterocycles. The molecule has 0 aromatic carbocycles. The predicted octanol–water partition coefficient (Wildman–Crippen LogP) is 1.67. The van der Waals surface area contributed by atoms with Crippen LogP contribution in [-0.2, 0) is 16.6 Å². The van der Waals surface area contributed by atoms with Crippen molar-refractivity contribution in [3.05, 3.63) is 18.0 Å². The maximum absolute atomic E-state index is 12.2. The maximum atomic E-state index is 12.2. The highest BCUT2D eigenvalue weighted by atomic mass is 32.2. The van der Waals surface area contributed by atoms with Gasteiger partial charge in [0.05, 0.1) is 0 Å². The quantitative estimate of drug-likeness (QED) is 0.836. The normalized spacial score (nSPS) is 16.6. The molecule has 0 unspecified atom stereocenters. The SMILES string of the molecule is CCn1cc(S(=O)(=O)NCC2CCCC2)cc1C(=O)O. The number of hydrogen-bond acceptors (Lipinski definition) is 3. The molecule has 1 heterocycles. The molecule has 112 valence electrons. The van der Waals surface area contributed by atoms with E-state index in [4.69, 9.17) is 5.11 Å². The van der Waals surface area contributed by atoms with E-state index < -0.39 is 16.0 Å². The molecule has 1 aliphatic carbocycles. The number of carbonyl (C=O) groups is 1. The molecule has 0 atom stereocenters. The van der Waals surface area contributed by atoms with E-state index in [9.17, 15) is 13.2 Å². The van der Waals surface area contributed by atoms with Crippen LogP contribution in [0.4, 0.5) is 0 Å². The fraction of sp³-hybridized carbons (Fsp3) is 0.615. The summed E-state index contributed by atoms with van der Waals surface area (Å²) >= 11 is 0. The van der Waals surface area contributed by atoms with Gasteiger partial charge in [-0.05, 0) is 31.7 Å². The van der Waals surface area contributed by atoms with Gasteiger partial charge in [0.2, 0.25) is 10.0 Å². The van der Waals surface area contributed by atoms with Gasteiger partial charge in [-0.3, -0.25) is 0 Å². The van der Waals surface area contributed by atoms with E-state index in [1.165, 1.54) is 16.8 Å². The minimum absolute atomic E-state index is 0.00580. The van der Waals surface area contributed by atoms with Crippen LogP contribution >= 0.6 is 0 Å². The third-order valence-corrected chi connectivity index (χ3v) is 5.17. The van der Waals surface area contributed by atoms with Gasteiger partial charge in [0.15, 0.2) is 0 Å². The van der Waals surface area contributed by atoms with Crippen LogP contribution < -0.4 is 4.72 Å². The zero-order chi connectivity index (χ0) is 14.8. The lowest BCUT2D eigenvalue weighted by Crippen LogP contribution is -2.28. The van der Waals surface area contributed by atoms with Crippen molar-refractivity contribution >= 4 is 16.0 Å². The van der Waals surface area contributed by atoms with Crippen LogP contribution in [0, 0.1) is 5.92 Å². The summed E-state index contributed by atoms with van der Waals surface area (Å²) in [5.74, 6) is -0.721. The van der Waals surface area contributed by atoms with Gasteiger partial charge in [-0.2, -0.15) is 0 Å². The van der Waals surface area contributed by atoms with E-state index in [1.807, 2.05) is 0 Å². The minimum Gasteiger partial charge on any atom is -0.477 e. The summed E-state index contributed by atoms with van der Waals surface area (Å²) in [4.78, 5) is 11.1.